The highest BCUT2D eigenvalue weighted by atomic mass is 127. The zero-order valence-corrected chi connectivity index (χ0v) is 19.5. The van der Waals surface area contributed by atoms with Crippen LogP contribution in [0.3, 0.4) is 0 Å². The maximum absolute atomic E-state index is 12.3. The lowest BCUT2D eigenvalue weighted by atomic mass is 10.1. The summed E-state index contributed by atoms with van der Waals surface area (Å²) in [6.07, 6.45) is -0.0466. The summed E-state index contributed by atoms with van der Waals surface area (Å²) in [5, 5.41) is 16.0. The van der Waals surface area contributed by atoms with Crippen molar-refractivity contribution in [2.45, 2.75) is 51.9 Å². The highest BCUT2D eigenvalue weighted by Crippen LogP contribution is 2.16. The number of rotatable bonds is 5. The van der Waals surface area contributed by atoms with Gasteiger partial charge in [-0.3, -0.25) is 4.99 Å². The van der Waals surface area contributed by atoms with Crippen molar-refractivity contribution in [2.75, 3.05) is 26.2 Å². The molecule has 1 saturated heterocycles. The van der Waals surface area contributed by atoms with E-state index in [9.17, 15) is 9.90 Å². The number of ether oxygens (including phenoxy) is 1. The fourth-order valence-electron chi connectivity index (χ4n) is 2.91. The van der Waals surface area contributed by atoms with E-state index in [0.717, 1.165) is 31.0 Å². The van der Waals surface area contributed by atoms with Crippen molar-refractivity contribution in [3.05, 3.63) is 35.9 Å². The lowest BCUT2D eigenvalue weighted by Crippen LogP contribution is -2.41. The number of carbonyl (C=O) groups excluding carboxylic acids is 1. The minimum atomic E-state index is -0.560. The van der Waals surface area contributed by atoms with Gasteiger partial charge in [0.15, 0.2) is 5.96 Å². The average Bonchev–Trinajstić information content (AvgIpc) is 3.03. The van der Waals surface area contributed by atoms with Crippen LogP contribution in [0.15, 0.2) is 35.3 Å². The third-order valence-electron chi connectivity index (χ3n) is 4.11. The van der Waals surface area contributed by atoms with Gasteiger partial charge < -0.3 is 25.4 Å². The molecule has 1 aliphatic heterocycles. The van der Waals surface area contributed by atoms with E-state index in [1.807, 2.05) is 62.9 Å². The number of hydrogen-bond donors (Lipinski definition) is 3. The molecule has 1 aliphatic rings. The number of hydrogen-bond acceptors (Lipinski definition) is 4. The fourth-order valence-corrected chi connectivity index (χ4v) is 2.91. The Kier molecular flexibility index (Phi) is 10.0. The van der Waals surface area contributed by atoms with Crippen LogP contribution in [0.1, 0.15) is 45.7 Å². The van der Waals surface area contributed by atoms with Crippen LogP contribution in [0.25, 0.3) is 0 Å². The van der Waals surface area contributed by atoms with E-state index in [1.165, 1.54) is 0 Å². The molecule has 28 heavy (non-hydrogen) atoms. The number of aliphatic imine (C=N–C) groups is 1. The van der Waals surface area contributed by atoms with Crippen LogP contribution in [0, 0.1) is 0 Å². The summed E-state index contributed by atoms with van der Waals surface area (Å²) in [6, 6.07) is 9.43. The van der Waals surface area contributed by atoms with Crippen molar-refractivity contribution in [2.24, 2.45) is 4.99 Å². The largest absolute Gasteiger partial charge is 0.444 e. The summed E-state index contributed by atoms with van der Waals surface area (Å²) >= 11 is 0. The van der Waals surface area contributed by atoms with E-state index >= 15 is 0 Å². The summed E-state index contributed by atoms with van der Waals surface area (Å²) in [5.74, 6) is 0.751. The van der Waals surface area contributed by atoms with Crippen LogP contribution in [0.5, 0.6) is 0 Å². The van der Waals surface area contributed by atoms with E-state index in [1.54, 1.807) is 0 Å². The molecule has 1 heterocycles. The van der Waals surface area contributed by atoms with Crippen LogP contribution in [-0.2, 0) is 4.74 Å². The van der Waals surface area contributed by atoms with Gasteiger partial charge in [-0.2, -0.15) is 0 Å². The van der Waals surface area contributed by atoms with E-state index < -0.39 is 11.7 Å². The Morgan fingerprint density at radius 1 is 1.36 bits per heavy atom. The molecular weight excluding hydrogens is 471 g/mol. The van der Waals surface area contributed by atoms with Gasteiger partial charge in [-0.1, -0.05) is 30.3 Å². The molecule has 1 fully saturated rings. The molecular formula is C20H33IN4O3. The molecule has 3 N–H and O–H groups in total. The number of nitrogens with one attached hydrogen (secondary N) is 2. The van der Waals surface area contributed by atoms with Gasteiger partial charge in [-0.15, -0.1) is 24.0 Å². The average molecular weight is 504 g/mol. The summed E-state index contributed by atoms with van der Waals surface area (Å²) in [4.78, 5) is 19.0. The minimum Gasteiger partial charge on any atom is -0.444 e. The first kappa shape index (κ1) is 24.5. The zero-order chi connectivity index (χ0) is 19.9. The van der Waals surface area contributed by atoms with E-state index in [-0.39, 0.29) is 36.1 Å². The molecule has 2 atom stereocenters. The smallest absolute Gasteiger partial charge is 0.408 e. The predicted molar refractivity (Wildman–Crippen MR) is 122 cm³/mol. The number of halogens is 1. The van der Waals surface area contributed by atoms with Gasteiger partial charge in [0.2, 0.25) is 0 Å². The second kappa shape index (κ2) is 11.5. The van der Waals surface area contributed by atoms with Gasteiger partial charge in [-0.05, 0) is 39.7 Å². The quantitative estimate of drug-likeness (QED) is 0.326. The van der Waals surface area contributed by atoms with Crippen LogP contribution in [0.4, 0.5) is 4.79 Å². The van der Waals surface area contributed by atoms with Crippen molar-refractivity contribution >= 4 is 36.0 Å². The third-order valence-corrected chi connectivity index (χ3v) is 4.11. The Morgan fingerprint density at radius 2 is 2.04 bits per heavy atom. The summed E-state index contributed by atoms with van der Waals surface area (Å²) in [7, 11) is 0. The van der Waals surface area contributed by atoms with Gasteiger partial charge in [0.1, 0.15) is 5.60 Å². The first-order valence-electron chi connectivity index (χ1n) is 9.54. The minimum absolute atomic E-state index is 0. The number of alkyl carbamates (subject to hydrolysis) is 1. The number of benzene rings is 1. The maximum Gasteiger partial charge on any atom is 0.408 e. The molecule has 158 valence electrons. The molecule has 0 aromatic heterocycles. The Labute approximate surface area is 185 Å². The van der Waals surface area contributed by atoms with E-state index in [4.69, 9.17) is 9.73 Å². The molecule has 2 rings (SSSR count). The van der Waals surface area contributed by atoms with Crippen molar-refractivity contribution in [1.82, 2.24) is 15.5 Å². The molecule has 0 aliphatic carbocycles. The number of amides is 1. The highest BCUT2D eigenvalue weighted by Gasteiger charge is 2.24. The number of aliphatic hydroxyl groups excluding tert-OH is 1. The van der Waals surface area contributed by atoms with Crippen molar-refractivity contribution in [3.63, 3.8) is 0 Å². The molecule has 0 saturated carbocycles. The Bertz CT molecular complexity index is 634. The lowest BCUT2D eigenvalue weighted by Gasteiger charge is -2.25. The zero-order valence-electron chi connectivity index (χ0n) is 17.1. The first-order chi connectivity index (χ1) is 12.8. The van der Waals surface area contributed by atoms with Crippen LogP contribution < -0.4 is 10.6 Å². The Morgan fingerprint density at radius 3 is 2.57 bits per heavy atom. The standard InChI is InChI=1S/C20H32N4O3.HI/c1-5-21-18(24-12-11-16(25)14-24)22-13-17(15-9-7-6-8-10-15)23-19(26)27-20(2,3)4;/h6-10,16-17,25H,5,11-14H2,1-4H3,(H,21,22)(H,23,26);1H/t16-,17?;/m1./s1. The van der Waals surface area contributed by atoms with Crippen molar-refractivity contribution < 1.29 is 14.6 Å². The molecule has 1 amide bonds. The number of aliphatic hydroxyl groups is 1. The molecule has 8 heteroatoms. The number of β-amino-alcohol motifs (C(OH)–C–C–N with tert-alkyl or cyclic N) is 1. The van der Waals surface area contributed by atoms with Gasteiger partial charge in [0.05, 0.1) is 18.7 Å². The van der Waals surface area contributed by atoms with Crippen molar-refractivity contribution in [1.29, 1.82) is 0 Å². The normalized spacial score (nSPS) is 18.2. The van der Waals surface area contributed by atoms with E-state index in [2.05, 4.69) is 10.6 Å². The molecule has 0 bridgehead atoms. The van der Waals surface area contributed by atoms with Gasteiger partial charge in [0.25, 0.3) is 0 Å². The molecule has 0 spiro atoms. The fraction of sp³-hybridized carbons (Fsp3) is 0.600. The second-order valence-electron chi connectivity index (χ2n) is 7.69. The van der Waals surface area contributed by atoms with Crippen LogP contribution in [0.2, 0.25) is 0 Å². The van der Waals surface area contributed by atoms with Crippen LogP contribution >= 0.6 is 24.0 Å². The Hall–Kier alpha value is -1.55. The Balaban J connectivity index is 0.00000392. The second-order valence-corrected chi connectivity index (χ2v) is 7.69. The molecule has 0 radical (unpaired) electrons. The number of nitrogens with zero attached hydrogens (tertiary/aromatic N) is 2. The first-order valence-corrected chi connectivity index (χ1v) is 9.54. The van der Waals surface area contributed by atoms with Crippen molar-refractivity contribution in [3.8, 4) is 0 Å². The van der Waals surface area contributed by atoms with Gasteiger partial charge in [0, 0.05) is 19.6 Å². The van der Waals surface area contributed by atoms with Gasteiger partial charge >= 0.3 is 6.09 Å². The monoisotopic (exact) mass is 504 g/mol. The number of carbonyl (C=O) groups is 1. The topological polar surface area (TPSA) is 86.2 Å². The van der Waals surface area contributed by atoms with Crippen LogP contribution in [-0.4, -0.2) is 59.9 Å². The lowest BCUT2D eigenvalue weighted by molar-refractivity contribution is 0.0505. The summed E-state index contributed by atoms with van der Waals surface area (Å²) in [6.45, 7) is 9.97. The predicted octanol–water partition coefficient (Wildman–Crippen LogP) is 2.90. The maximum atomic E-state index is 12.3. The highest BCUT2D eigenvalue weighted by molar-refractivity contribution is 14.0. The molecule has 1 unspecified atom stereocenters. The number of likely N-dealkylation sites (tertiary alicyclic amines) is 1. The molecule has 1 aromatic rings. The molecule has 7 nitrogen and oxygen atoms in total. The molecule has 1 aromatic carbocycles. The van der Waals surface area contributed by atoms with Gasteiger partial charge in [-0.25, -0.2) is 4.79 Å². The SMILES string of the molecule is CCNC(=NCC(NC(=O)OC(C)(C)C)c1ccccc1)N1CC[C@@H](O)C1.I. The summed E-state index contributed by atoms with van der Waals surface area (Å²) in [5.41, 5.74) is 0.402. The van der Waals surface area contributed by atoms with E-state index in [0.29, 0.717) is 13.1 Å². The number of guanidine groups is 1. The third kappa shape index (κ3) is 8.22. The summed E-state index contributed by atoms with van der Waals surface area (Å²) < 4.78 is 5.40.